The predicted molar refractivity (Wildman–Crippen MR) is 75.5 cm³/mol. The van der Waals surface area contributed by atoms with Gasteiger partial charge in [-0.05, 0) is 44.0 Å². The normalized spacial score (nSPS) is 10.8. The largest absolute Gasteiger partial charge is 0.347 e. The van der Waals surface area contributed by atoms with E-state index in [0.29, 0.717) is 6.54 Å². The van der Waals surface area contributed by atoms with E-state index >= 15 is 0 Å². The molecule has 102 valence electrons. The Bertz CT molecular complexity index is 585. The number of aryl methyl sites for hydroxylation is 2. The van der Waals surface area contributed by atoms with Gasteiger partial charge in [-0.25, -0.2) is 14.5 Å². The maximum Gasteiger partial charge on any atom is 0.347 e. The Morgan fingerprint density at radius 3 is 2.89 bits per heavy atom. The van der Waals surface area contributed by atoms with E-state index in [1.165, 1.54) is 0 Å². The fraction of sp³-hybridized carbons (Fsp3) is 0.429. The van der Waals surface area contributed by atoms with Gasteiger partial charge in [-0.15, -0.1) is 0 Å². The fourth-order valence-electron chi connectivity index (χ4n) is 2.13. The molecule has 0 radical (unpaired) electrons. The van der Waals surface area contributed by atoms with Gasteiger partial charge >= 0.3 is 5.69 Å². The zero-order valence-corrected chi connectivity index (χ0v) is 11.2. The van der Waals surface area contributed by atoms with Gasteiger partial charge in [-0.2, -0.15) is 5.10 Å². The van der Waals surface area contributed by atoms with E-state index < -0.39 is 0 Å². The Morgan fingerprint density at radius 1 is 1.32 bits per heavy atom. The number of nitrogens with two attached hydrogens (primary N) is 1. The van der Waals surface area contributed by atoms with E-state index in [2.05, 4.69) is 10.2 Å². The van der Waals surface area contributed by atoms with E-state index in [0.717, 1.165) is 42.8 Å². The lowest BCUT2D eigenvalue weighted by Gasteiger charge is -2.06. The molecule has 0 spiro atoms. The highest BCUT2D eigenvalue weighted by Crippen LogP contribution is 2.11. The smallest absolute Gasteiger partial charge is 0.330 e. The number of aromatic nitrogens is 3. The number of benzene rings is 1. The molecule has 1 aromatic heterocycles. The summed E-state index contributed by atoms with van der Waals surface area (Å²) in [6, 6.07) is 7.87. The highest BCUT2D eigenvalue weighted by molar-refractivity contribution is 5.36. The van der Waals surface area contributed by atoms with E-state index in [1.807, 2.05) is 31.2 Å². The molecule has 0 amide bonds. The maximum atomic E-state index is 11.9. The van der Waals surface area contributed by atoms with Crippen LogP contribution in [0.5, 0.6) is 0 Å². The highest BCUT2D eigenvalue weighted by atomic mass is 16.1. The van der Waals surface area contributed by atoms with Gasteiger partial charge in [0.05, 0.1) is 5.69 Å². The second-order valence-electron chi connectivity index (χ2n) is 4.72. The van der Waals surface area contributed by atoms with Crippen molar-refractivity contribution in [3.05, 3.63) is 46.1 Å². The van der Waals surface area contributed by atoms with Crippen LogP contribution in [0.25, 0.3) is 5.69 Å². The number of hydrogen-bond donors (Lipinski definition) is 2. The summed E-state index contributed by atoms with van der Waals surface area (Å²) in [5.41, 5.74) is 7.28. The highest BCUT2D eigenvalue weighted by Gasteiger charge is 2.09. The first-order valence-corrected chi connectivity index (χ1v) is 6.66. The number of H-pyrrole nitrogens is 1. The van der Waals surface area contributed by atoms with E-state index in [-0.39, 0.29) is 5.69 Å². The molecule has 3 N–H and O–H groups in total. The van der Waals surface area contributed by atoms with Crippen LogP contribution in [0.15, 0.2) is 29.1 Å². The van der Waals surface area contributed by atoms with Crippen LogP contribution in [-0.4, -0.2) is 21.3 Å². The fourth-order valence-corrected chi connectivity index (χ4v) is 2.13. The van der Waals surface area contributed by atoms with Crippen LogP contribution in [0.2, 0.25) is 0 Å². The first kappa shape index (κ1) is 13.5. The molecule has 0 fully saturated rings. The summed E-state index contributed by atoms with van der Waals surface area (Å²) in [6.45, 7) is 2.72. The lowest BCUT2D eigenvalue weighted by Crippen LogP contribution is -2.17. The number of hydrogen-bond acceptors (Lipinski definition) is 3. The molecule has 0 saturated heterocycles. The van der Waals surface area contributed by atoms with Crippen molar-refractivity contribution < 1.29 is 0 Å². The first-order valence-electron chi connectivity index (χ1n) is 6.66. The molecular formula is C14H20N4O. The van der Waals surface area contributed by atoms with Gasteiger partial charge in [0.1, 0.15) is 5.82 Å². The monoisotopic (exact) mass is 260 g/mol. The topological polar surface area (TPSA) is 76.7 Å². The lowest BCUT2D eigenvalue weighted by atomic mass is 10.2. The summed E-state index contributed by atoms with van der Waals surface area (Å²) < 4.78 is 1.65. The van der Waals surface area contributed by atoms with Crippen molar-refractivity contribution in [3.63, 3.8) is 0 Å². The van der Waals surface area contributed by atoms with E-state index in [9.17, 15) is 4.79 Å². The average Bonchev–Trinajstić information content (AvgIpc) is 2.76. The average molecular weight is 260 g/mol. The third-order valence-corrected chi connectivity index (χ3v) is 3.11. The number of rotatable bonds is 6. The minimum Gasteiger partial charge on any atom is -0.330 e. The lowest BCUT2D eigenvalue weighted by molar-refractivity contribution is 0.661. The first-order chi connectivity index (χ1) is 9.22. The van der Waals surface area contributed by atoms with Crippen molar-refractivity contribution in [1.82, 2.24) is 14.8 Å². The molecule has 0 bridgehead atoms. The number of nitrogens with zero attached hydrogens (tertiary/aromatic N) is 2. The second-order valence-corrected chi connectivity index (χ2v) is 4.72. The zero-order valence-electron chi connectivity index (χ0n) is 11.2. The van der Waals surface area contributed by atoms with Gasteiger partial charge < -0.3 is 5.73 Å². The molecule has 1 aromatic carbocycles. The van der Waals surface area contributed by atoms with Crippen LogP contribution < -0.4 is 11.4 Å². The Morgan fingerprint density at radius 2 is 2.16 bits per heavy atom. The van der Waals surface area contributed by atoms with Gasteiger partial charge in [-0.1, -0.05) is 18.6 Å². The van der Waals surface area contributed by atoms with Crippen molar-refractivity contribution in [2.75, 3.05) is 6.54 Å². The summed E-state index contributed by atoms with van der Waals surface area (Å²) in [6.07, 6.45) is 3.85. The van der Waals surface area contributed by atoms with E-state index in [1.54, 1.807) is 4.57 Å². The van der Waals surface area contributed by atoms with Gasteiger partial charge in [0.2, 0.25) is 0 Å². The summed E-state index contributed by atoms with van der Waals surface area (Å²) in [5.74, 6) is 0.785. The molecule has 0 atom stereocenters. The minimum absolute atomic E-state index is 0.181. The molecule has 0 saturated carbocycles. The molecule has 5 heteroatoms. The molecule has 2 aromatic rings. The molecule has 0 unspecified atom stereocenters. The Kier molecular flexibility index (Phi) is 4.52. The molecule has 0 aliphatic carbocycles. The summed E-state index contributed by atoms with van der Waals surface area (Å²) in [5, 5.41) is 6.64. The SMILES string of the molecule is Cc1cccc(-n2c(CCCCCN)n[nH]c2=O)c1. The van der Waals surface area contributed by atoms with Crippen LogP contribution in [-0.2, 0) is 6.42 Å². The summed E-state index contributed by atoms with van der Waals surface area (Å²) >= 11 is 0. The van der Waals surface area contributed by atoms with E-state index in [4.69, 9.17) is 5.73 Å². The quantitative estimate of drug-likeness (QED) is 0.773. The summed E-state index contributed by atoms with van der Waals surface area (Å²) in [7, 11) is 0. The van der Waals surface area contributed by atoms with Crippen molar-refractivity contribution in [2.24, 2.45) is 5.73 Å². The molecule has 2 rings (SSSR count). The van der Waals surface area contributed by atoms with Gasteiger partial charge in [-0.3, -0.25) is 0 Å². The predicted octanol–water partition coefficient (Wildman–Crippen LogP) is 1.54. The van der Waals surface area contributed by atoms with Crippen LogP contribution in [0.3, 0.4) is 0 Å². The minimum atomic E-state index is -0.181. The number of unbranched alkanes of at least 4 members (excludes halogenated alkanes) is 2. The van der Waals surface area contributed by atoms with Crippen LogP contribution in [0.1, 0.15) is 30.7 Å². The number of aromatic amines is 1. The number of nitrogens with one attached hydrogen (secondary N) is 1. The van der Waals surface area contributed by atoms with Gasteiger partial charge in [0.25, 0.3) is 0 Å². The van der Waals surface area contributed by atoms with Crippen LogP contribution >= 0.6 is 0 Å². The zero-order chi connectivity index (χ0) is 13.7. The van der Waals surface area contributed by atoms with Crippen molar-refractivity contribution >= 4 is 0 Å². The molecule has 0 aliphatic rings. The van der Waals surface area contributed by atoms with Crippen molar-refractivity contribution in [1.29, 1.82) is 0 Å². The Hall–Kier alpha value is -1.88. The molecule has 5 nitrogen and oxygen atoms in total. The molecular weight excluding hydrogens is 240 g/mol. The van der Waals surface area contributed by atoms with Crippen LogP contribution in [0, 0.1) is 6.92 Å². The standard InChI is InChI=1S/C14H20N4O/c1-11-6-5-7-12(10-11)18-13(16-17-14(18)19)8-3-2-4-9-15/h5-7,10H,2-4,8-9,15H2,1H3,(H,17,19). The summed E-state index contributed by atoms with van der Waals surface area (Å²) in [4.78, 5) is 11.9. The molecule has 19 heavy (non-hydrogen) atoms. The van der Waals surface area contributed by atoms with Crippen LogP contribution in [0.4, 0.5) is 0 Å². The molecule has 1 heterocycles. The van der Waals surface area contributed by atoms with Crippen molar-refractivity contribution in [2.45, 2.75) is 32.6 Å². The van der Waals surface area contributed by atoms with Gasteiger partial charge in [0, 0.05) is 6.42 Å². The van der Waals surface area contributed by atoms with Crippen molar-refractivity contribution in [3.8, 4) is 5.69 Å². The second kappa shape index (κ2) is 6.33. The Labute approximate surface area is 112 Å². The molecule has 0 aliphatic heterocycles. The third-order valence-electron chi connectivity index (χ3n) is 3.11. The third kappa shape index (κ3) is 3.32. The van der Waals surface area contributed by atoms with Gasteiger partial charge in [0.15, 0.2) is 0 Å². The maximum absolute atomic E-state index is 11.9. The Balaban J connectivity index is 2.20.